The summed E-state index contributed by atoms with van der Waals surface area (Å²) in [6, 6.07) is 5.55. The fourth-order valence-electron chi connectivity index (χ4n) is 2.60. The summed E-state index contributed by atoms with van der Waals surface area (Å²) >= 11 is 0. The van der Waals surface area contributed by atoms with Crippen LogP contribution in [0.4, 0.5) is 4.39 Å². The van der Waals surface area contributed by atoms with Crippen molar-refractivity contribution in [1.29, 1.82) is 0 Å². The van der Waals surface area contributed by atoms with Crippen molar-refractivity contribution in [3.05, 3.63) is 35.1 Å². The van der Waals surface area contributed by atoms with E-state index in [2.05, 4.69) is 12.2 Å². The van der Waals surface area contributed by atoms with Crippen LogP contribution in [0.2, 0.25) is 0 Å². The molecule has 1 aliphatic rings. The molecule has 2 rings (SSSR count). The molecule has 0 aliphatic heterocycles. The number of hydrogen-bond donors (Lipinski definition) is 1. The van der Waals surface area contributed by atoms with Crippen molar-refractivity contribution >= 4 is 0 Å². The normalized spacial score (nSPS) is 17.7. The maximum Gasteiger partial charge on any atom is 0.123 e. The molecule has 106 valence electrons. The van der Waals surface area contributed by atoms with E-state index in [4.69, 9.17) is 4.74 Å². The monoisotopic (exact) mass is 265 g/mol. The zero-order chi connectivity index (χ0) is 13.5. The van der Waals surface area contributed by atoms with E-state index in [9.17, 15) is 4.39 Å². The Hall–Kier alpha value is -0.930. The number of benzene rings is 1. The van der Waals surface area contributed by atoms with E-state index in [1.165, 1.54) is 12.0 Å². The maximum atomic E-state index is 13.1. The lowest BCUT2D eigenvalue weighted by Gasteiger charge is -2.14. The van der Waals surface area contributed by atoms with Crippen LogP contribution in [-0.4, -0.2) is 19.8 Å². The third kappa shape index (κ3) is 4.29. The fraction of sp³-hybridized carbons (Fsp3) is 0.625. The van der Waals surface area contributed by atoms with Gasteiger partial charge in [-0.1, -0.05) is 19.4 Å². The molecule has 0 spiro atoms. The second-order valence-corrected chi connectivity index (χ2v) is 5.21. The molecule has 3 heteroatoms. The summed E-state index contributed by atoms with van der Waals surface area (Å²) in [4.78, 5) is 0. The Balaban J connectivity index is 1.66. The van der Waals surface area contributed by atoms with Crippen molar-refractivity contribution in [1.82, 2.24) is 5.32 Å². The van der Waals surface area contributed by atoms with Gasteiger partial charge in [-0.05, 0) is 55.5 Å². The summed E-state index contributed by atoms with van der Waals surface area (Å²) in [7, 11) is 0. The Morgan fingerprint density at radius 2 is 2.16 bits per heavy atom. The van der Waals surface area contributed by atoms with Crippen molar-refractivity contribution < 1.29 is 9.13 Å². The Kier molecular flexibility index (Phi) is 5.80. The van der Waals surface area contributed by atoms with E-state index in [1.807, 2.05) is 6.07 Å². The third-order valence-corrected chi connectivity index (χ3v) is 3.68. The molecule has 1 N–H and O–H groups in total. The molecule has 2 nitrogen and oxygen atoms in total. The van der Waals surface area contributed by atoms with E-state index in [0.29, 0.717) is 6.04 Å². The molecule has 0 saturated carbocycles. The Morgan fingerprint density at radius 1 is 1.32 bits per heavy atom. The topological polar surface area (TPSA) is 21.3 Å². The molecule has 1 atom stereocenters. The minimum absolute atomic E-state index is 0.122. The first-order valence-electron chi connectivity index (χ1n) is 7.40. The van der Waals surface area contributed by atoms with Gasteiger partial charge >= 0.3 is 0 Å². The van der Waals surface area contributed by atoms with Crippen LogP contribution in [0.25, 0.3) is 0 Å². The molecule has 1 unspecified atom stereocenters. The number of ether oxygens (including phenoxy) is 1. The second kappa shape index (κ2) is 7.61. The largest absolute Gasteiger partial charge is 0.381 e. The van der Waals surface area contributed by atoms with Gasteiger partial charge in [-0.25, -0.2) is 4.39 Å². The van der Waals surface area contributed by atoms with E-state index in [0.717, 1.165) is 51.0 Å². The summed E-state index contributed by atoms with van der Waals surface area (Å²) in [6.45, 7) is 4.84. The van der Waals surface area contributed by atoms with Crippen LogP contribution < -0.4 is 5.32 Å². The minimum atomic E-state index is -0.122. The lowest BCUT2D eigenvalue weighted by Crippen LogP contribution is -2.21. The highest BCUT2D eigenvalue weighted by Crippen LogP contribution is 2.31. The number of unbranched alkanes of at least 4 members (excludes halogenated alkanes) is 1. The molecule has 1 aromatic rings. The van der Waals surface area contributed by atoms with Crippen LogP contribution in [0.5, 0.6) is 0 Å². The number of nitrogens with one attached hydrogen (secondary N) is 1. The predicted molar refractivity (Wildman–Crippen MR) is 75.8 cm³/mol. The molecular weight excluding hydrogens is 241 g/mol. The van der Waals surface area contributed by atoms with Gasteiger partial charge in [0.05, 0.1) is 0 Å². The van der Waals surface area contributed by atoms with Gasteiger partial charge < -0.3 is 10.1 Å². The molecule has 0 bridgehead atoms. The first-order chi connectivity index (χ1) is 9.31. The average Bonchev–Trinajstić information content (AvgIpc) is 2.80. The van der Waals surface area contributed by atoms with Gasteiger partial charge in [-0.2, -0.15) is 0 Å². The molecular formula is C16H24FNO. The quantitative estimate of drug-likeness (QED) is 0.725. The van der Waals surface area contributed by atoms with Crippen LogP contribution in [0.15, 0.2) is 18.2 Å². The average molecular weight is 265 g/mol. The van der Waals surface area contributed by atoms with Gasteiger partial charge in [0.25, 0.3) is 0 Å². The summed E-state index contributed by atoms with van der Waals surface area (Å²) in [6.07, 6.45) is 5.44. The minimum Gasteiger partial charge on any atom is -0.381 e. The van der Waals surface area contributed by atoms with Crippen LogP contribution in [0, 0.1) is 5.82 Å². The molecule has 1 aliphatic carbocycles. The number of fused-ring (bicyclic) bond motifs is 1. The lowest BCUT2D eigenvalue weighted by atomic mass is 10.1. The molecule has 0 saturated heterocycles. The first-order valence-corrected chi connectivity index (χ1v) is 7.40. The summed E-state index contributed by atoms with van der Waals surface area (Å²) in [5, 5.41) is 3.55. The van der Waals surface area contributed by atoms with E-state index in [-0.39, 0.29) is 5.82 Å². The van der Waals surface area contributed by atoms with Crippen molar-refractivity contribution in [2.45, 2.75) is 45.1 Å². The zero-order valence-corrected chi connectivity index (χ0v) is 11.8. The van der Waals surface area contributed by atoms with E-state index >= 15 is 0 Å². The first kappa shape index (κ1) is 14.5. The van der Waals surface area contributed by atoms with Gasteiger partial charge in [0.1, 0.15) is 5.82 Å². The Morgan fingerprint density at radius 3 is 3.00 bits per heavy atom. The van der Waals surface area contributed by atoms with Gasteiger partial charge in [0.15, 0.2) is 0 Å². The van der Waals surface area contributed by atoms with Crippen molar-refractivity contribution in [2.24, 2.45) is 0 Å². The van der Waals surface area contributed by atoms with E-state index in [1.54, 1.807) is 12.1 Å². The zero-order valence-electron chi connectivity index (χ0n) is 11.8. The molecule has 0 radical (unpaired) electrons. The van der Waals surface area contributed by atoms with Gasteiger partial charge in [-0.15, -0.1) is 0 Å². The number of hydrogen-bond acceptors (Lipinski definition) is 2. The SMILES string of the molecule is CCCCOCCCNC1CCc2cc(F)ccc21. The molecule has 1 aromatic carbocycles. The highest BCUT2D eigenvalue weighted by molar-refractivity contribution is 5.34. The fourth-order valence-corrected chi connectivity index (χ4v) is 2.60. The molecule has 0 amide bonds. The van der Waals surface area contributed by atoms with Gasteiger partial charge in [0.2, 0.25) is 0 Å². The van der Waals surface area contributed by atoms with Crippen molar-refractivity contribution in [3.8, 4) is 0 Å². The van der Waals surface area contributed by atoms with Crippen LogP contribution in [-0.2, 0) is 11.2 Å². The van der Waals surface area contributed by atoms with Crippen molar-refractivity contribution in [3.63, 3.8) is 0 Å². The number of aryl methyl sites for hydroxylation is 1. The number of rotatable bonds is 8. The van der Waals surface area contributed by atoms with Gasteiger partial charge in [-0.3, -0.25) is 0 Å². The number of halogens is 1. The van der Waals surface area contributed by atoms with Crippen molar-refractivity contribution in [2.75, 3.05) is 19.8 Å². The highest BCUT2D eigenvalue weighted by atomic mass is 19.1. The Labute approximate surface area is 115 Å². The molecule has 19 heavy (non-hydrogen) atoms. The molecule has 0 fully saturated rings. The Bertz CT molecular complexity index is 394. The maximum absolute atomic E-state index is 13.1. The highest BCUT2D eigenvalue weighted by Gasteiger charge is 2.21. The predicted octanol–water partition coefficient (Wildman–Crippen LogP) is 3.61. The van der Waals surface area contributed by atoms with Crippen LogP contribution >= 0.6 is 0 Å². The summed E-state index contributed by atoms with van der Waals surface area (Å²) < 4.78 is 18.6. The standard InChI is InChI=1S/C16H24FNO/c1-2-3-10-19-11-4-9-18-16-8-5-13-12-14(17)6-7-15(13)16/h6-7,12,16,18H,2-5,8-11H2,1H3. The van der Waals surface area contributed by atoms with E-state index < -0.39 is 0 Å². The molecule has 0 heterocycles. The van der Waals surface area contributed by atoms with Crippen LogP contribution in [0.3, 0.4) is 0 Å². The summed E-state index contributed by atoms with van der Waals surface area (Å²) in [5.41, 5.74) is 2.44. The second-order valence-electron chi connectivity index (χ2n) is 5.21. The molecule has 0 aromatic heterocycles. The summed E-state index contributed by atoms with van der Waals surface area (Å²) in [5.74, 6) is -0.122. The third-order valence-electron chi connectivity index (χ3n) is 3.68. The smallest absolute Gasteiger partial charge is 0.123 e. The van der Waals surface area contributed by atoms with Gasteiger partial charge in [0, 0.05) is 19.3 Å². The lowest BCUT2D eigenvalue weighted by molar-refractivity contribution is 0.128. The van der Waals surface area contributed by atoms with Crippen LogP contribution in [0.1, 0.15) is 49.8 Å².